The molecule has 0 aromatic carbocycles. The van der Waals surface area contributed by atoms with Crippen LogP contribution in [0.2, 0.25) is 0 Å². The van der Waals surface area contributed by atoms with E-state index in [2.05, 4.69) is 27.7 Å². The monoisotopic (exact) mass is 392 g/mol. The van der Waals surface area contributed by atoms with Crippen LogP contribution in [0, 0.1) is 46.3 Å². The van der Waals surface area contributed by atoms with Gasteiger partial charge in [0.15, 0.2) is 0 Å². The van der Waals surface area contributed by atoms with Gasteiger partial charge in [-0.15, -0.1) is 0 Å². The zero-order valence-corrected chi connectivity index (χ0v) is 18.6. The van der Waals surface area contributed by atoms with Gasteiger partial charge in [0.2, 0.25) is 0 Å². The van der Waals surface area contributed by atoms with Gasteiger partial charge in [-0.2, -0.15) is 0 Å². The molecule has 0 saturated heterocycles. The maximum Gasteiger partial charge on any atom is 0.0602 e. The first-order valence-corrected chi connectivity index (χ1v) is 12.3. The van der Waals surface area contributed by atoms with Crippen LogP contribution < -0.4 is 0 Å². The van der Waals surface area contributed by atoms with Crippen LogP contribution in [0.5, 0.6) is 0 Å². The molecule has 0 bridgehead atoms. The number of hydrogen-bond acceptors (Lipinski definition) is 3. The minimum Gasteiger partial charge on any atom is -0.393 e. The van der Waals surface area contributed by atoms with Crippen LogP contribution in [-0.2, 0) is 0 Å². The Balaban J connectivity index is 1.62. The molecule has 11 atom stereocenters. The molecule has 0 radical (unpaired) electrons. The summed E-state index contributed by atoms with van der Waals surface area (Å²) in [5.41, 5.74) is 0.143. The van der Waals surface area contributed by atoms with Crippen LogP contribution in [0.15, 0.2) is 0 Å². The molecule has 0 heterocycles. The predicted molar refractivity (Wildman–Crippen MR) is 113 cm³/mol. The SMILES string of the molecule is CCCC[C@@H](C)[C@H]1CC[C@H]2[C@@H]3[C@H](O)C[C@@H]4C[C@@H](O)CC[C@]4(C)[C@H]3C[C@H](O)[C@]12C. The van der Waals surface area contributed by atoms with Crippen LogP contribution in [0.1, 0.15) is 91.9 Å². The lowest BCUT2D eigenvalue weighted by atomic mass is 9.43. The van der Waals surface area contributed by atoms with E-state index in [1.54, 1.807) is 0 Å². The number of hydrogen-bond donors (Lipinski definition) is 3. The quantitative estimate of drug-likeness (QED) is 0.645. The maximum atomic E-state index is 11.5. The van der Waals surface area contributed by atoms with Crippen LogP contribution >= 0.6 is 0 Å². The highest BCUT2D eigenvalue weighted by atomic mass is 16.3. The summed E-state index contributed by atoms with van der Waals surface area (Å²) < 4.78 is 0. The number of rotatable bonds is 4. The third-order valence-electron chi connectivity index (χ3n) is 10.5. The summed E-state index contributed by atoms with van der Waals surface area (Å²) in [5, 5.41) is 33.1. The van der Waals surface area contributed by atoms with E-state index in [0.29, 0.717) is 35.5 Å². The number of unbranched alkanes of at least 4 members (excludes halogenated alkanes) is 1. The van der Waals surface area contributed by atoms with Crippen LogP contribution in [0.3, 0.4) is 0 Å². The fraction of sp³-hybridized carbons (Fsp3) is 1.00. The normalized spacial score (nSPS) is 54.5. The first-order valence-electron chi connectivity index (χ1n) is 12.3. The maximum absolute atomic E-state index is 11.5. The Labute approximate surface area is 172 Å². The zero-order chi connectivity index (χ0) is 20.3. The molecular formula is C25H44O3. The molecule has 4 aliphatic carbocycles. The van der Waals surface area contributed by atoms with Gasteiger partial charge in [0.05, 0.1) is 18.3 Å². The van der Waals surface area contributed by atoms with Crippen molar-refractivity contribution in [1.82, 2.24) is 0 Å². The van der Waals surface area contributed by atoms with Crippen molar-refractivity contribution in [2.24, 2.45) is 46.3 Å². The van der Waals surface area contributed by atoms with E-state index < -0.39 is 0 Å². The van der Waals surface area contributed by atoms with Crippen LogP contribution in [0.25, 0.3) is 0 Å². The Hall–Kier alpha value is -0.120. The molecular weight excluding hydrogens is 348 g/mol. The van der Waals surface area contributed by atoms with E-state index in [-0.39, 0.29) is 29.1 Å². The van der Waals surface area contributed by atoms with Gasteiger partial charge in [-0.1, -0.05) is 47.0 Å². The highest BCUT2D eigenvalue weighted by Gasteiger charge is 2.65. The molecule has 4 aliphatic rings. The lowest BCUT2D eigenvalue weighted by molar-refractivity contribution is -0.207. The highest BCUT2D eigenvalue weighted by Crippen LogP contribution is 2.68. The standard InChI is InChI=1S/C25H44O3/c1-5-6-7-15(2)18-8-9-19-23-20(14-22(28)25(18,19)4)24(3)11-10-17(26)12-16(24)13-21(23)27/h15-23,26-28H,5-14H2,1-4H3/t15-,16+,17+,18-,19+,20+,21-,22+,23+,24+,25-/m1/s1. The van der Waals surface area contributed by atoms with E-state index in [9.17, 15) is 15.3 Å². The van der Waals surface area contributed by atoms with Crippen molar-refractivity contribution in [3.05, 3.63) is 0 Å². The molecule has 4 fully saturated rings. The van der Waals surface area contributed by atoms with Crippen molar-refractivity contribution in [1.29, 1.82) is 0 Å². The molecule has 3 nitrogen and oxygen atoms in total. The molecule has 0 spiro atoms. The van der Waals surface area contributed by atoms with E-state index in [0.717, 1.165) is 32.1 Å². The summed E-state index contributed by atoms with van der Waals surface area (Å²) in [7, 11) is 0. The molecule has 4 rings (SSSR count). The molecule has 3 N–H and O–H groups in total. The van der Waals surface area contributed by atoms with E-state index in [1.807, 2.05) is 0 Å². The number of fused-ring (bicyclic) bond motifs is 5. The lowest BCUT2D eigenvalue weighted by Gasteiger charge is -2.63. The molecule has 3 heteroatoms. The van der Waals surface area contributed by atoms with Crippen molar-refractivity contribution >= 4 is 0 Å². The Bertz CT molecular complexity index is 564. The van der Waals surface area contributed by atoms with E-state index in [4.69, 9.17) is 0 Å². The van der Waals surface area contributed by atoms with Crippen molar-refractivity contribution in [2.75, 3.05) is 0 Å². The van der Waals surface area contributed by atoms with Gasteiger partial charge in [-0.25, -0.2) is 0 Å². The van der Waals surface area contributed by atoms with Gasteiger partial charge in [-0.05, 0) is 91.3 Å². The van der Waals surface area contributed by atoms with Crippen molar-refractivity contribution < 1.29 is 15.3 Å². The second-order valence-electron chi connectivity index (χ2n) is 11.6. The van der Waals surface area contributed by atoms with Gasteiger partial charge >= 0.3 is 0 Å². The fourth-order valence-corrected chi connectivity index (χ4v) is 8.86. The van der Waals surface area contributed by atoms with Crippen LogP contribution in [0.4, 0.5) is 0 Å². The number of aliphatic hydroxyl groups is 3. The van der Waals surface area contributed by atoms with Gasteiger partial charge in [0, 0.05) is 0 Å². The van der Waals surface area contributed by atoms with Gasteiger partial charge in [0.1, 0.15) is 0 Å². The Morgan fingerprint density at radius 3 is 2.43 bits per heavy atom. The first-order chi connectivity index (χ1) is 13.2. The smallest absolute Gasteiger partial charge is 0.0602 e. The Morgan fingerprint density at radius 2 is 1.71 bits per heavy atom. The van der Waals surface area contributed by atoms with Crippen molar-refractivity contribution in [3.63, 3.8) is 0 Å². The molecule has 28 heavy (non-hydrogen) atoms. The number of aliphatic hydroxyl groups excluding tert-OH is 3. The molecule has 0 unspecified atom stereocenters. The molecule has 0 aromatic heterocycles. The highest BCUT2D eigenvalue weighted by molar-refractivity contribution is 5.14. The predicted octanol–water partition coefficient (Wildman–Crippen LogP) is 4.77. The summed E-state index contributed by atoms with van der Waals surface area (Å²) in [6.07, 6.45) is 9.99. The summed E-state index contributed by atoms with van der Waals surface area (Å²) in [6, 6.07) is 0. The van der Waals surface area contributed by atoms with Crippen molar-refractivity contribution in [3.8, 4) is 0 Å². The second-order valence-corrected chi connectivity index (χ2v) is 11.6. The molecule has 0 amide bonds. The largest absolute Gasteiger partial charge is 0.393 e. The minimum atomic E-state index is -0.255. The summed E-state index contributed by atoms with van der Waals surface area (Å²) >= 11 is 0. The minimum absolute atomic E-state index is 0.0350. The molecule has 0 aromatic rings. The van der Waals surface area contributed by atoms with E-state index in [1.165, 1.54) is 32.1 Å². The first kappa shape index (κ1) is 21.1. The third-order valence-corrected chi connectivity index (χ3v) is 10.5. The third kappa shape index (κ3) is 3.02. The van der Waals surface area contributed by atoms with E-state index >= 15 is 0 Å². The van der Waals surface area contributed by atoms with Gasteiger partial charge in [-0.3, -0.25) is 0 Å². The molecule has 162 valence electrons. The van der Waals surface area contributed by atoms with Gasteiger partial charge < -0.3 is 15.3 Å². The average molecular weight is 393 g/mol. The molecule has 4 saturated carbocycles. The summed E-state index contributed by atoms with van der Waals surface area (Å²) in [4.78, 5) is 0. The average Bonchev–Trinajstić information content (AvgIpc) is 3.01. The Kier molecular flexibility index (Phi) is 5.69. The zero-order valence-electron chi connectivity index (χ0n) is 18.6. The van der Waals surface area contributed by atoms with Crippen molar-refractivity contribution in [2.45, 2.75) is 110 Å². The lowest BCUT2D eigenvalue weighted by Crippen LogP contribution is -2.62. The van der Waals surface area contributed by atoms with Crippen LogP contribution in [-0.4, -0.2) is 33.6 Å². The summed E-state index contributed by atoms with van der Waals surface area (Å²) in [6.45, 7) is 9.45. The second kappa shape index (κ2) is 7.54. The molecule has 0 aliphatic heterocycles. The van der Waals surface area contributed by atoms with Gasteiger partial charge in [0.25, 0.3) is 0 Å². The Morgan fingerprint density at radius 1 is 0.964 bits per heavy atom. The fourth-order valence-electron chi connectivity index (χ4n) is 8.86. The summed E-state index contributed by atoms with van der Waals surface area (Å²) in [5.74, 6) is 2.86. The topological polar surface area (TPSA) is 60.7 Å².